The zero-order valence-electron chi connectivity index (χ0n) is 16.9. The quantitative estimate of drug-likeness (QED) is 0.555. The zero-order chi connectivity index (χ0) is 22.6. The molecule has 1 aromatic carbocycles. The monoisotopic (exact) mass is 487 g/mol. The number of alkyl carbamates (subject to hydrolysis) is 1. The number of hydrogen-bond donors (Lipinski definition) is 1. The number of hydrogen-bond acceptors (Lipinski definition) is 6. The number of nitrogens with one attached hydrogen (secondary N) is 1. The Morgan fingerprint density at radius 1 is 1.39 bits per heavy atom. The minimum Gasteiger partial charge on any atom is -0.445 e. The van der Waals surface area contributed by atoms with Gasteiger partial charge in [0.1, 0.15) is 18.1 Å². The first-order chi connectivity index (χ1) is 14.7. The van der Waals surface area contributed by atoms with Crippen molar-refractivity contribution in [2.45, 2.75) is 43.2 Å². The Hall–Kier alpha value is -2.07. The van der Waals surface area contributed by atoms with Crippen LogP contribution in [0.5, 0.6) is 0 Å². The molecule has 0 aliphatic carbocycles. The highest BCUT2D eigenvalue weighted by Gasteiger charge is 2.38. The molecule has 2 atom stereocenters. The van der Waals surface area contributed by atoms with E-state index in [9.17, 15) is 13.2 Å². The van der Waals surface area contributed by atoms with E-state index in [1.54, 1.807) is 13.0 Å². The average Bonchev–Trinajstić information content (AvgIpc) is 3.35. The predicted molar refractivity (Wildman–Crippen MR) is 117 cm³/mol. The molecule has 0 saturated carbocycles. The molecule has 168 valence electrons. The maximum Gasteiger partial charge on any atom is 0.407 e. The summed E-state index contributed by atoms with van der Waals surface area (Å²) in [6.45, 7) is 5.75. The molecule has 0 bridgehead atoms. The van der Waals surface area contributed by atoms with Crippen molar-refractivity contribution in [2.24, 2.45) is 0 Å². The number of nitrogens with zero attached hydrogens (tertiary/aromatic N) is 2. The van der Waals surface area contributed by atoms with Crippen LogP contribution < -0.4 is 5.32 Å². The lowest BCUT2D eigenvalue weighted by atomic mass is 10.1. The van der Waals surface area contributed by atoms with Gasteiger partial charge < -0.3 is 14.6 Å². The fourth-order valence-corrected chi connectivity index (χ4v) is 5.84. The summed E-state index contributed by atoms with van der Waals surface area (Å²) in [5, 5.41) is 7.26. The first-order valence-electron chi connectivity index (χ1n) is 9.68. The molecule has 2 aromatic rings. The van der Waals surface area contributed by atoms with Crippen LogP contribution in [0.25, 0.3) is 0 Å². The Labute approximate surface area is 191 Å². The highest BCUT2D eigenvalue weighted by Crippen LogP contribution is 2.37. The second kappa shape index (κ2) is 10.0. The number of benzene rings is 1. The molecule has 0 spiro atoms. The van der Waals surface area contributed by atoms with Crippen LogP contribution >= 0.6 is 23.2 Å². The molecule has 8 nitrogen and oxygen atoms in total. The van der Waals surface area contributed by atoms with Gasteiger partial charge in [0.2, 0.25) is 10.0 Å². The zero-order valence-corrected chi connectivity index (χ0v) is 19.2. The van der Waals surface area contributed by atoms with Crippen molar-refractivity contribution >= 4 is 39.3 Å². The number of carbonyl (C=O) groups is 1. The van der Waals surface area contributed by atoms with Crippen molar-refractivity contribution in [2.75, 3.05) is 13.2 Å². The minimum absolute atomic E-state index is 0.0384. The van der Waals surface area contributed by atoms with E-state index in [-0.39, 0.29) is 27.6 Å². The average molecular weight is 488 g/mol. The molecule has 1 saturated heterocycles. The number of sulfonamides is 1. The molecule has 1 aliphatic rings. The maximum absolute atomic E-state index is 13.2. The molecule has 3 rings (SSSR count). The number of halogens is 2. The van der Waals surface area contributed by atoms with Crippen molar-refractivity contribution in [3.05, 3.63) is 58.4 Å². The smallest absolute Gasteiger partial charge is 0.407 e. The molecular formula is C20H23Cl2N3O5S. The van der Waals surface area contributed by atoms with Gasteiger partial charge in [-0.3, -0.25) is 0 Å². The molecule has 1 aliphatic heterocycles. The van der Waals surface area contributed by atoms with Crippen LogP contribution in [0.15, 0.2) is 46.3 Å². The van der Waals surface area contributed by atoms with Gasteiger partial charge in [-0.15, -0.1) is 0 Å². The highest BCUT2D eigenvalue weighted by molar-refractivity contribution is 7.89. The molecule has 2 unspecified atom stereocenters. The lowest BCUT2D eigenvalue weighted by Crippen LogP contribution is -2.34. The standard InChI is InChI=1S/C20H23Cl2N3O5S/c1-3-7-29-20(26)23-13(2)8-16-12-18(24-30-16)19-5-4-6-25(19)31(27,28)17-10-14(21)9-15(22)11-17/h3,9-13,19H,1,4-8H2,2H3,(H,23,26). The van der Waals surface area contributed by atoms with Crippen LogP contribution in [0.1, 0.15) is 37.3 Å². The fourth-order valence-electron chi connectivity index (χ4n) is 3.45. The third-order valence-corrected chi connectivity index (χ3v) is 7.09. The van der Waals surface area contributed by atoms with Crippen molar-refractivity contribution in [3.63, 3.8) is 0 Å². The van der Waals surface area contributed by atoms with Gasteiger partial charge in [-0.05, 0) is 38.0 Å². The van der Waals surface area contributed by atoms with Gasteiger partial charge in [0, 0.05) is 35.1 Å². The van der Waals surface area contributed by atoms with Gasteiger partial charge in [0.15, 0.2) is 0 Å². The summed E-state index contributed by atoms with van der Waals surface area (Å²) in [4.78, 5) is 11.7. The molecule has 1 aromatic heterocycles. The van der Waals surface area contributed by atoms with Gasteiger partial charge in [-0.1, -0.05) is 41.0 Å². The lowest BCUT2D eigenvalue weighted by molar-refractivity contribution is 0.154. The summed E-state index contributed by atoms with van der Waals surface area (Å²) in [6.07, 6.45) is 2.60. The number of carbonyl (C=O) groups excluding carboxylic acids is 1. The number of rotatable bonds is 8. The summed E-state index contributed by atoms with van der Waals surface area (Å²) >= 11 is 12.0. The van der Waals surface area contributed by atoms with Gasteiger partial charge in [-0.25, -0.2) is 13.2 Å². The molecule has 1 N–H and O–H groups in total. The maximum atomic E-state index is 13.2. The van der Waals surface area contributed by atoms with Gasteiger partial charge >= 0.3 is 6.09 Å². The van der Waals surface area contributed by atoms with Crippen molar-refractivity contribution in [3.8, 4) is 0 Å². The summed E-state index contributed by atoms with van der Waals surface area (Å²) in [5.74, 6) is 0.529. The molecule has 1 fully saturated rings. The summed E-state index contributed by atoms with van der Waals surface area (Å²) in [5.41, 5.74) is 0.519. The largest absolute Gasteiger partial charge is 0.445 e. The van der Waals surface area contributed by atoms with Crippen molar-refractivity contribution in [1.29, 1.82) is 0 Å². The van der Waals surface area contributed by atoms with Crippen LogP contribution in [-0.2, 0) is 21.2 Å². The van der Waals surface area contributed by atoms with Crippen LogP contribution in [0, 0.1) is 0 Å². The molecule has 11 heteroatoms. The van der Waals surface area contributed by atoms with E-state index in [1.807, 2.05) is 0 Å². The third kappa shape index (κ3) is 5.79. The number of aromatic nitrogens is 1. The number of amides is 1. The van der Waals surface area contributed by atoms with Gasteiger partial charge in [0.25, 0.3) is 0 Å². The van der Waals surface area contributed by atoms with Gasteiger partial charge in [0.05, 0.1) is 10.9 Å². The second-order valence-electron chi connectivity index (χ2n) is 7.23. The molecule has 31 heavy (non-hydrogen) atoms. The molecule has 0 radical (unpaired) electrons. The van der Waals surface area contributed by atoms with Crippen LogP contribution in [-0.4, -0.2) is 43.2 Å². The summed E-state index contributed by atoms with van der Waals surface area (Å²) in [6, 6.07) is 5.24. The van der Waals surface area contributed by atoms with Gasteiger partial charge in [-0.2, -0.15) is 4.31 Å². The normalized spacial score (nSPS) is 18.0. The molecule has 2 heterocycles. The summed E-state index contributed by atoms with van der Waals surface area (Å²) in [7, 11) is -3.82. The Bertz CT molecular complexity index is 1040. The second-order valence-corrected chi connectivity index (χ2v) is 10.00. The fraction of sp³-hybridized carbons (Fsp3) is 0.400. The first kappa shape index (κ1) is 23.6. The van der Waals surface area contributed by atoms with E-state index >= 15 is 0 Å². The lowest BCUT2D eigenvalue weighted by Gasteiger charge is -2.22. The van der Waals surface area contributed by atoms with E-state index in [0.717, 1.165) is 0 Å². The van der Waals surface area contributed by atoms with Crippen LogP contribution in [0.4, 0.5) is 4.79 Å². The van der Waals surface area contributed by atoms with Crippen molar-refractivity contribution in [1.82, 2.24) is 14.8 Å². The Morgan fingerprint density at radius 3 is 2.77 bits per heavy atom. The van der Waals surface area contributed by atoms with Crippen molar-refractivity contribution < 1.29 is 22.5 Å². The topological polar surface area (TPSA) is 102 Å². The Kier molecular flexibility index (Phi) is 7.64. The van der Waals surface area contributed by atoms with Crippen LogP contribution in [0.3, 0.4) is 0 Å². The van der Waals surface area contributed by atoms with E-state index in [1.165, 1.54) is 28.6 Å². The predicted octanol–water partition coefficient (Wildman–Crippen LogP) is 4.35. The third-order valence-electron chi connectivity index (χ3n) is 4.77. The number of ether oxygens (including phenoxy) is 1. The Morgan fingerprint density at radius 2 is 2.10 bits per heavy atom. The van der Waals surface area contributed by atoms with E-state index in [2.05, 4.69) is 17.1 Å². The minimum atomic E-state index is -3.82. The van der Waals surface area contributed by atoms with E-state index < -0.39 is 22.2 Å². The SMILES string of the molecule is C=CCOC(=O)NC(C)Cc1cc(C2CCCN2S(=O)(=O)c2cc(Cl)cc(Cl)c2)no1. The molecular weight excluding hydrogens is 465 g/mol. The van der Waals surface area contributed by atoms with Crippen LogP contribution in [0.2, 0.25) is 10.0 Å². The Balaban J connectivity index is 1.72. The van der Waals surface area contributed by atoms with E-state index in [0.29, 0.717) is 37.3 Å². The highest BCUT2D eigenvalue weighted by atomic mass is 35.5. The molecule has 1 amide bonds. The first-order valence-corrected chi connectivity index (χ1v) is 11.9. The van der Waals surface area contributed by atoms with E-state index in [4.69, 9.17) is 32.5 Å². The summed E-state index contributed by atoms with van der Waals surface area (Å²) < 4.78 is 38.1.